The molecule has 0 saturated carbocycles. The van der Waals surface area contributed by atoms with Gasteiger partial charge in [0.05, 0.1) is 0 Å². The Balaban J connectivity index is 1.50. The highest BCUT2D eigenvalue weighted by Crippen LogP contribution is 2.35. The van der Waals surface area contributed by atoms with Crippen LogP contribution in [0, 0.1) is 0 Å². The summed E-state index contributed by atoms with van der Waals surface area (Å²) in [6, 6.07) is 10.4. The maximum atomic E-state index is 11.2. The molecule has 0 radical (unpaired) electrons. The number of benzene rings is 1. The molecular formula is C27H34N8O. The Morgan fingerprint density at radius 2 is 1.25 bits per heavy atom. The van der Waals surface area contributed by atoms with E-state index in [1.54, 1.807) is 0 Å². The van der Waals surface area contributed by atoms with Gasteiger partial charge in [-0.05, 0) is 38.5 Å². The average molecular weight is 487 g/mol. The zero-order valence-corrected chi connectivity index (χ0v) is 20.8. The van der Waals surface area contributed by atoms with Crippen LogP contribution in [0.1, 0.15) is 38.5 Å². The lowest BCUT2D eigenvalue weighted by Crippen LogP contribution is -2.46. The zero-order chi connectivity index (χ0) is 24.3. The molecule has 0 unspecified atom stereocenters. The molecule has 6 rings (SSSR count). The van der Waals surface area contributed by atoms with Gasteiger partial charge < -0.3 is 19.6 Å². The van der Waals surface area contributed by atoms with Gasteiger partial charge in [0.25, 0.3) is 0 Å². The normalized spacial score (nSPS) is 19.1. The van der Waals surface area contributed by atoms with Crippen molar-refractivity contribution >= 4 is 35.2 Å². The predicted molar refractivity (Wildman–Crippen MR) is 143 cm³/mol. The summed E-state index contributed by atoms with van der Waals surface area (Å²) in [7, 11) is 0. The number of piperazine rings is 1. The van der Waals surface area contributed by atoms with Crippen molar-refractivity contribution in [3.05, 3.63) is 30.3 Å². The van der Waals surface area contributed by atoms with Crippen molar-refractivity contribution in [2.24, 2.45) is 0 Å². The van der Waals surface area contributed by atoms with Crippen LogP contribution in [0.25, 0.3) is 22.4 Å². The van der Waals surface area contributed by atoms with Crippen molar-refractivity contribution in [3.8, 4) is 11.3 Å². The maximum Gasteiger partial charge on any atom is 0.229 e. The standard InChI is InChI=1S/C27H34N8O/c36-20-32-16-18-35(19-17-32)27-30-24-23(26(31-27)34-14-8-3-9-15-34)28-22(21-10-4-1-5-11-21)25(29-24)33-12-6-2-7-13-33/h1,4-5,10-11,20H,2-3,6-9,12-19H2. The van der Waals surface area contributed by atoms with Gasteiger partial charge in [-0.3, -0.25) is 4.79 Å². The molecule has 9 heteroatoms. The molecule has 3 aliphatic rings. The molecule has 1 amide bonds. The third kappa shape index (κ3) is 4.54. The van der Waals surface area contributed by atoms with E-state index in [1.807, 2.05) is 11.0 Å². The summed E-state index contributed by atoms with van der Waals surface area (Å²) in [4.78, 5) is 40.5. The van der Waals surface area contributed by atoms with Crippen molar-refractivity contribution in [2.45, 2.75) is 38.5 Å². The van der Waals surface area contributed by atoms with Crippen molar-refractivity contribution in [1.82, 2.24) is 24.8 Å². The van der Waals surface area contributed by atoms with E-state index in [9.17, 15) is 4.79 Å². The van der Waals surface area contributed by atoms with E-state index >= 15 is 0 Å². The number of anilines is 3. The van der Waals surface area contributed by atoms with Crippen molar-refractivity contribution in [2.75, 3.05) is 67.1 Å². The zero-order valence-electron chi connectivity index (χ0n) is 20.8. The predicted octanol–water partition coefficient (Wildman–Crippen LogP) is 3.35. The van der Waals surface area contributed by atoms with Crippen LogP contribution < -0.4 is 14.7 Å². The van der Waals surface area contributed by atoms with Gasteiger partial charge in [-0.1, -0.05) is 30.3 Å². The number of rotatable bonds is 5. The number of hydrogen-bond donors (Lipinski definition) is 0. The van der Waals surface area contributed by atoms with Crippen LogP contribution in [-0.2, 0) is 4.79 Å². The van der Waals surface area contributed by atoms with Gasteiger partial charge in [0.2, 0.25) is 12.4 Å². The van der Waals surface area contributed by atoms with Crippen LogP contribution in [0.15, 0.2) is 30.3 Å². The van der Waals surface area contributed by atoms with Crippen LogP contribution in [0.3, 0.4) is 0 Å². The summed E-state index contributed by atoms with van der Waals surface area (Å²) in [5.74, 6) is 2.51. The molecule has 3 saturated heterocycles. The first-order chi connectivity index (χ1) is 17.8. The molecule has 3 fully saturated rings. The van der Waals surface area contributed by atoms with E-state index in [0.29, 0.717) is 24.7 Å². The van der Waals surface area contributed by atoms with Gasteiger partial charge in [0.15, 0.2) is 22.8 Å². The lowest BCUT2D eigenvalue weighted by Gasteiger charge is -2.34. The molecule has 2 aromatic heterocycles. The van der Waals surface area contributed by atoms with E-state index in [0.717, 1.165) is 86.9 Å². The molecule has 0 atom stereocenters. The maximum absolute atomic E-state index is 11.2. The average Bonchev–Trinajstić information content (AvgIpc) is 2.97. The second-order valence-corrected chi connectivity index (χ2v) is 10.0. The molecule has 5 heterocycles. The fraction of sp³-hybridized carbons (Fsp3) is 0.519. The monoisotopic (exact) mass is 486 g/mol. The number of nitrogens with zero attached hydrogens (tertiary/aromatic N) is 8. The molecule has 9 nitrogen and oxygen atoms in total. The first-order valence-corrected chi connectivity index (χ1v) is 13.4. The minimum atomic E-state index is 0.665. The molecule has 3 aliphatic heterocycles. The molecule has 3 aromatic rings. The third-order valence-corrected chi connectivity index (χ3v) is 7.59. The van der Waals surface area contributed by atoms with Crippen molar-refractivity contribution < 1.29 is 4.79 Å². The van der Waals surface area contributed by atoms with Gasteiger partial charge in [0.1, 0.15) is 5.69 Å². The Kier molecular flexibility index (Phi) is 6.53. The summed E-state index contributed by atoms with van der Waals surface area (Å²) >= 11 is 0. The number of fused-ring (bicyclic) bond motifs is 1. The third-order valence-electron chi connectivity index (χ3n) is 7.59. The van der Waals surface area contributed by atoms with Gasteiger partial charge in [-0.15, -0.1) is 0 Å². The number of amides is 1. The smallest absolute Gasteiger partial charge is 0.229 e. The van der Waals surface area contributed by atoms with Crippen molar-refractivity contribution in [3.63, 3.8) is 0 Å². The highest BCUT2D eigenvalue weighted by molar-refractivity contribution is 5.89. The second-order valence-electron chi connectivity index (χ2n) is 10.0. The van der Waals surface area contributed by atoms with E-state index in [2.05, 4.69) is 39.0 Å². The second kappa shape index (κ2) is 10.2. The minimum Gasteiger partial charge on any atom is -0.355 e. The molecule has 0 bridgehead atoms. The van der Waals surface area contributed by atoms with E-state index in [1.165, 1.54) is 25.7 Å². The summed E-state index contributed by atoms with van der Waals surface area (Å²) in [6.07, 6.45) is 8.09. The first-order valence-electron chi connectivity index (χ1n) is 13.4. The number of hydrogen-bond acceptors (Lipinski definition) is 8. The Morgan fingerprint density at radius 3 is 1.89 bits per heavy atom. The fourth-order valence-electron chi connectivity index (χ4n) is 5.52. The van der Waals surface area contributed by atoms with Gasteiger partial charge in [-0.25, -0.2) is 9.97 Å². The highest BCUT2D eigenvalue weighted by Gasteiger charge is 2.26. The van der Waals surface area contributed by atoms with E-state index < -0.39 is 0 Å². The van der Waals surface area contributed by atoms with Gasteiger partial charge in [-0.2, -0.15) is 9.97 Å². The topological polar surface area (TPSA) is 81.6 Å². The lowest BCUT2D eigenvalue weighted by atomic mass is 10.1. The number of piperidine rings is 2. The van der Waals surface area contributed by atoms with Gasteiger partial charge in [0, 0.05) is 57.9 Å². The fourth-order valence-corrected chi connectivity index (χ4v) is 5.52. The van der Waals surface area contributed by atoms with Crippen LogP contribution in [-0.4, -0.2) is 83.6 Å². The SMILES string of the molecule is O=CN1CCN(c2nc(N3CCCCC3)c3nc(-c4ccccc4)c(N4CCCCC4)nc3n2)CC1. The molecule has 36 heavy (non-hydrogen) atoms. The Morgan fingerprint density at radius 1 is 0.611 bits per heavy atom. The molecular weight excluding hydrogens is 452 g/mol. The largest absolute Gasteiger partial charge is 0.355 e. The molecule has 0 aliphatic carbocycles. The lowest BCUT2D eigenvalue weighted by molar-refractivity contribution is -0.118. The van der Waals surface area contributed by atoms with Crippen LogP contribution in [0.4, 0.5) is 17.6 Å². The quantitative estimate of drug-likeness (QED) is 0.508. The number of carbonyl (C=O) groups is 1. The van der Waals surface area contributed by atoms with Crippen molar-refractivity contribution in [1.29, 1.82) is 0 Å². The molecule has 0 spiro atoms. The minimum absolute atomic E-state index is 0.665. The number of aromatic nitrogens is 4. The highest BCUT2D eigenvalue weighted by atomic mass is 16.1. The Bertz CT molecular complexity index is 1200. The molecule has 188 valence electrons. The summed E-state index contributed by atoms with van der Waals surface area (Å²) in [6.45, 7) is 6.73. The van der Waals surface area contributed by atoms with Gasteiger partial charge >= 0.3 is 0 Å². The van der Waals surface area contributed by atoms with E-state index in [-0.39, 0.29) is 0 Å². The first kappa shape index (κ1) is 22.9. The van der Waals surface area contributed by atoms with Crippen LogP contribution >= 0.6 is 0 Å². The van der Waals surface area contributed by atoms with Crippen LogP contribution in [0.2, 0.25) is 0 Å². The molecule has 0 N–H and O–H groups in total. The number of carbonyl (C=O) groups excluding carboxylic acids is 1. The molecule has 1 aromatic carbocycles. The summed E-state index contributed by atoms with van der Waals surface area (Å²) in [5.41, 5.74) is 3.44. The van der Waals surface area contributed by atoms with E-state index in [4.69, 9.17) is 19.9 Å². The Hall–Kier alpha value is -3.49. The Labute approximate surface area is 212 Å². The van der Waals surface area contributed by atoms with Crippen LogP contribution in [0.5, 0.6) is 0 Å². The summed E-state index contributed by atoms with van der Waals surface area (Å²) < 4.78 is 0. The summed E-state index contributed by atoms with van der Waals surface area (Å²) in [5, 5.41) is 0.